The Bertz CT molecular complexity index is 1220. The van der Waals surface area contributed by atoms with Crippen LogP contribution in [0.2, 0.25) is 0 Å². The van der Waals surface area contributed by atoms with Gasteiger partial charge in [-0.2, -0.15) is 5.10 Å². The van der Waals surface area contributed by atoms with E-state index < -0.39 is 16.3 Å². The molecule has 1 amide bonds. The van der Waals surface area contributed by atoms with E-state index in [0.717, 1.165) is 17.1 Å². The number of nitro groups is 1. The van der Waals surface area contributed by atoms with Crippen LogP contribution in [0.3, 0.4) is 0 Å². The number of nitro benzene ring substituents is 1. The van der Waals surface area contributed by atoms with E-state index in [4.69, 9.17) is 0 Å². The minimum Gasteiger partial charge on any atom is -0.320 e. The first-order valence-electron chi connectivity index (χ1n) is 9.43. The second-order valence-electron chi connectivity index (χ2n) is 6.81. The summed E-state index contributed by atoms with van der Waals surface area (Å²) in [5.74, 6) is 1.51. The van der Waals surface area contributed by atoms with Crippen LogP contribution < -0.4 is 10.7 Å². The SMILES string of the molecule is Cc1cc(=O)c(C(=O)Nc2cccc(C3SCCS3)c2)nn1-c1ccccc1[N+](=O)[O-]. The maximum Gasteiger partial charge on any atom is 0.294 e. The molecule has 4 rings (SSSR count). The number of carbonyl (C=O) groups excluding carboxylic acids is 1. The first-order valence-corrected chi connectivity index (χ1v) is 11.5. The van der Waals surface area contributed by atoms with Gasteiger partial charge in [0.15, 0.2) is 5.69 Å². The van der Waals surface area contributed by atoms with Crippen molar-refractivity contribution >= 4 is 40.8 Å². The van der Waals surface area contributed by atoms with Gasteiger partial charge >= 0.3 is 0 Å². The number of rotatable bonds is 5. The van der Waals surface area contributed by atoms with E-state index in [9.17, 15) is 19.7 Å². The minimum absolute atomic E-state index is 0.174. The Hall–Kier alpha value is -3.11. The molecule has 0 aliphatic carbocycles. The van der Waals surface area contributed by atoms with Crippen molar-refractivity contribution in [2.45, 2.75) is 11.5 Å². The van der Waals surface area contributed by atoms with Crippen LogP contribution in [0.5, 0.6) is 0 Å². The third kappa shape index (κ3) is 4.49. The van der Waals surface area contributed by atoms with Crippen molar-refractivity contribution in [2.75, 3.05) is 16.8 Å². The lowest BCUT2D eigenvalue weighted by Gasteiger charge is -2.13. The fourth-order valence-electron chi connectivity index (χ4n) is 3.25. The molecule has 0 bridgehead atoms. The lowest BCUT2D eigenvalue weighted by molar-refractivity contribution is -0.384. The quantitative estimate of drug-likeness (QED) is 0.455. The maximum atomic E-state index is 12.8. The van der Waals surface area contributed by atoms with E-state index in [0.29, 0.717) is 16.0 Å². The van der Waals surface area contributed by atoms with Crippen molar-refractivity contribution in [3.63, 3.8) is 0 Å². The second kappa shape index (κ2) is 8.94. The largest absolute Gasteiger partial charge is 0.320 e. The number of para-hydroxylation sites is 2. The highest BCUT2D eigenvalue weighted by molar-refractivity contribution is 8.19. The third-order valence-corrected chi connectivity index (χ3v) is 7.77. The molecule has 0 atom stereocenters. The highest BCUT2D eigenvalue weighted by Gasteiger charge is 2.21. The van der Waals surface area contributed by atoms with E-state index in [2.05, 4.69) is 10.4 Å². The fourth-order valence-corrected chi connectivity index (χ4v) is 6.09. The lowest BCUT2D eigenvalue weighted by atomic mass is 10.2. The topological polar surface area (TPSA) is 107 Å². The molecule has 0 unspecified atom stereocenters. The van der Waals surface area contributed by atoms with E-state index in [1.165, 1.54) is 22.9 Å². The van der Waals surface area contributed by atoms with Crippen LogP contribution in [0.4, 0.5) is 11.4 Å². The Morgan fingerprint density at radius 1 is 1.16 bits per heavy atom. The lowest BCUT2D eigenvalue weighted by Crippen LogP contribution is -2.27. The van der Waals surface area contributed by atoms with Crippen molar-refractivity contribution in [1.82, 2.24) is 9.78 Å². The average Bonchev–Trinajstić information content (AvgIpc) is 3.29. The Morgan fingerprint density at radius 2 is 1.90 bits per heavy atom. The molecule has 2 aromatic carbocycles. The molecule has 1 aliphatic rings. The van der Waals surface area contributed by atoms with Gasteiger partial charge in [0.2, 0.25) is 5.43 Å². The Labute approximate surface area is 186 Å². The molecule has 0 radical (unpaired) electrons. The van der Waals surface area contributed by atoms with Crippen LogP contribution >= 0.6 is 23.5 Å². The molecule has 31 heavy (non-hydrogen) atoms. The van der Waals surface area contributed by atoms with Crippen LogP contribution in [-0.2, 0) is 0 Å². The molecule has 1 N–H and O–H groups in total. The predicted octanol–water partition coefficient (Wildman–Crippen LogP) is 4.18. The molecule has 1 aromatic heterocycles. The number of nitrogens with one attached hydrogen (secondary N) is 1. The van der Waals surface area contributed by atoms with Gasteiger partial charge in [-0.05, 0) is 30.7 Å². The number of nitrogens with zero attached hydrogens (tertiary/aromatic N) is 3. The monoisotopic (exact) mass is 454 g/mol. The number of hydrogen-bond acceptors (Lipinski definition) is 7. The molecule has 0 saturated carbocycles. The van der Waals surface area contributed by atoms with Crippen molar-refractivity contribution in [1.29, 1.82) is 0 Å². The van der Waals surface area contributed by atoms with Gasteiger partial charge in [-0.15, -0.1) is 23.5 Å². The van der Waals surface area contributed by atoms with E-state index >= 15 is 0 Å². The van der Waals surface area contributed by atoms with Crippen molar-refractivity contribution in [2.24, 2.45) is 0 Å². The molecule has 3 aromatic rings. The summed E-state index contributed by atoms with van der Waals surface area (Å²) >= 11 is 3.71. The second-order valence-corrected chi connectivity index (χ2v) is 9.53. The molecule has 2 heterocycles. The molecule has 1 aliphatic heterocycles. The van der Waals surface area contributed by atoms with E-state index in [1.807, 2.05) is 41.7 Å². The molecule has 158 valence electrons. The molecule has 8 nitrogen and oxygen atoms in total. The highest BCUT2D eigenvalue weighted by Crippen LogP contribution is 2.45. The summed E-state index contributed by atoms with van der Waals surface area (Å²) in [4.78, 5) is 36.2. The smallest absolute Gasteiger partial charge is 0.294 e. The summed E-state index contributed by atoms with van der Waals surface area (Å²) in [6.07, 6.45) is 0. The van der Waals surface area contributed by atoms with Crippen LogP contribution in [-0.4, -0.2) is 32.1 Å². The number of anilines is 1. The number of amides is 1. The highest BCUT2D eigenvalue weighted by atomic mass is 32.2. The van der Waals surface area contributed by atoms with Crippen LogP contribution in [0.25, 0.3) is 5.69 Å². The molecule has 10 heteroatoms. The van der Waals surface area contributed by atoms with Crippen molar-refractivity contribution in [3.8, 4) is 5.69 Å². The molecule has 1 fully saturated rings. The molecule has 1 saturated heterocycles. The normalized spacial score (nSPS) is 13.8. The average molecular weight is 455 g/mol. The van der Waals surface area contributed by atoms with Gasteiger partial charge in [0.05, 0.1) is 9.51 Å². The Morgan fingerprint density at radius 3 is 2.65 bits per heavy atom. The van der Waals surface area contributed by atoms with E-state index in [-0.39, 0.29) is 17.1 Å². The van der Waals surface area contributed by atoms with Crippen molar-refractivity contribution in [3.05, 3.63) is 91.9 Å². The van der Waals surface area contributed by atoms with Crippen LogP contribution in [0.15, 0.2) is 59.4 Å². The third-order valence-electron chi connectivity index (χ3n) is 4.67. The summed E-state index contributed by atoms with van der Waals surface area (Å²) in [5, 5.41) is 18.3. The van der Waals surface area contributed by atoms with Crippen LogP contribution in [0.1, 0.15) is 26.3 Å². The first kappa shape index (κ1) is 21.1. The zero-order valence-corrected chi connectivity index (χ0v) is 18.1. The van der Waals surface area contributed by atoms with Gasteiger partial charge < -0.3 is 5.32 Å². The summed E-state index contributed by atoms with van der Waals surface area (Å²) in [6, 6.07) is 14.8. The summed E-state index contributed by atoms with van der Waals surface area (Å²) in [6.45, 7) is 1.60. The maximum absolute atomic E-state index is 12.8. The van der Waals surface area contributed by atoms with Gasteiger partial charge in [-0.25, -0.2) is 4.68 Å². The van der Waals surface area contributed by atoms with Gasteiger partial charge in [-0.3, -0.25) is 19.7 Å². The van der Waals surface area contributed by atoms with Gasteiger partial charge in [-0.1, -0.05) is 24.3 Å². The number of hydrogen-bond donors (Lipinski definition) is 1. The van der Waals surface area contributed by atoms with Crippen LogP contribution in [0, 0.1) is 17.0 Å². The summed E-state index contributed by atoms with van der Waals surface area (Å²) in [5.41, 5.74) is 1.16. The molecular weight excluding hydrogens is 436 g/mol. The number of aryl methyl sites for hydroxylation is 1. The number of carbonyl (C=O) groups is 1. The Kier molecular flexibility index (Phi) is 6.10. The number of thioether (sulfide) groups is 2. The van der Waals surface area contributed by atoms with Gasteiger partial charge in [0.1, 0.15) is 5.69 Å². The first-order chi connectivity index (χ1) is 14.9. The number of aromatic nitrogens is 2. The fraction of sp³-hybridized carbons (Fsp3) is 0.190. The summed E-state index contributed by atoms with van der Waals surface area (Å²) in [7, 11) is 0. The predicted molar refractivity (Wildman–Crippen MR) is 123 cm³/mol. The molecule has 0 spiro atoms. The zero-order valence-electron chi connectivity index (χ0n) is 16.5. The standard InChI is InChI=1S/C21H18N4O4S2/c1-13-11-18(26)19(23-24(13)16-7-2-3-8-17(16)25(28)29)20(27)22-15-6-4-5-14(12-15)21-30-9-10-31-21/h2-8,11-12,21H,9-10H2,1H3,(H,22,27). The summed E-state index contributed by atoms with van der Waals surface area (Å²) < 4.78 is 1.57. The van der Waals surface area contributed by atoms with Gasteiger partial charge in [0, 0.05) is 35.0 Å². The minimum atomic E-state index is -0.666. The zero-order chi connectivity index (χ0) is 22.0. The van der Waals surface area contributed by atoms with Gasteiger partial charge in [0.25, 0.3) is 11.6 Å². The molecular formula is C21H18N4O4S2. The Balaban J connectivity index is 1.67. The number of benzene rings is 2. The van der Waals surface area contributed by atoms with E-state index in [1.54, 1.807) is 25.1 Å². The van der Waals surface area contributed by atoms with Crippen molar-refractivity contribution < 1.29 is 9.72 Å².